The number of aromatic nitrogens is 1. The van der Waals surface area contributed by atoms with Crippen LogP contribution in [0, 0.1) is 5.92 Å². The van der Waals surface area contributed by atoms with Crippen LogP contribution in [-0.2, 0) is 11.2 Å². The fourth-order valence-electron chi connectivity index (χ4n) is 1.71. The standard InChI is InChI=1S/C14H23N3O/c1-4-11(2)13(15)14(18)17(3)10-7-12-5-8-16-9-6-12/h5-6,8-9,11,13H,4,7,10,15H2,1-3H3/t11?,13-/m0/s1. The molecule has 0 aliphatic rings. The molecule has 0 fully saturated rings. The maximum Gasteiger partial charge on any atom is 0.239 e. The summed E-state index contributed by atoms with van der Waals surface area (Å²) in [5.74, 6) is 0.249. The molecule has 1 amide bonds. The molecule has 0 saturated carbocycles. The number of carbonyl (C=O) groups excluding carboxylic acids is 1. The predicted molar refractivity (Wildman–Crippen MR) is 73.0 cm³/mol. The van der Waals surface area contributed by atoms with Crippen molar-refractivity contribution in [3.63, 3.8) is 0 Å². The second-order valence-corrected chi connectivity index (χ2v) is 4.78. The Bertz CT molecular complexity index is 367. The Morgan fingerprint density at radius 2 is 2.06 bits per heavy atom. The van der Waals surface area contributed by atoms with Gasteiger partial charge >= 0.3 is 0 Å². The van der Waals surface area contributed by atoms with Gasteiger partial charge in [0.2, 0.25) is 5.91 Å². The van der Waals surface area contributed by atoms with Crippen LogP contribution in [-0.4, -0.2) is 35.4 Å². The van der Waals surface area contributed by atoms with Gasteiger partial charge in [-0.2, -0.15) is 0 Å². The van der Waals surface area contributed by atoms with E-state index in [0.717, 1.165) is 12.8 Å². The number of hydrogen-bond acceptors (Lipinski definition) is 3. The molecule has 1 rings (SSSR count). The first-order chi connectivity index (χ1) is 8.56. The third-order valence-electron chi connectivity index (χ3n) is 3.40. The highest BCUT2D eigenvalue weighted by Gasteiger charge is 2.22. The highest BCUT2D eigenvalue weighted by Crippen LogP contribution is 2.08. The van der Waals surface area contributed by atoms with Crippen molar-refractivity contribution >= 4 is 5.91 Å². The summed E-state index contributed by atoms with van der Waals surface area (Å²) in [7, 11) is 1.81. The Hall–Kier alpha value is -1.42. The van der Waals surface area contributed by atoms with E-state index < -0.39 is 6.04 Å². The first kappa shape index (κ1) is 14.6. The van der Waals surface area contributed by atoms with Crippen molar-refractivity contribution in [1.82, 2.24) is 9.88 Å². The summed E-state index contributed by atoms with van der Waals surface area (Å²) in [6.45, 7) is 4.75. The summed E-state index contributed by atoms with van der Waals surface area (Å²) in [6.07, 6.45) is 5.28. The molecule has 0 spiro atoms. The Balaban J connectivity index is 2.45. The Kier molecular flexibility index (Phi) is 5.78. The number of pyridine rings is 1. The molecule has 1 heterocycles. The van der Waals surface area contributed by atoms with Gasteiger partial charge in [0.1, 0.15) is 0 Å². The molecule has 1 unspecified atom stereocenters. The maximum absolute atomic E-state index is 12.1. The molecule has 4 nitrogen and oxygen atoms in total. The third-order valence-corrected chi connectivity index (χ3v) is 3.40. The van der Waals surface area contributed by atoms with Crippen molar-refractivity contribution < 1.29 is 4.79 Å². The number of nitrogens with zero attached hydrogens (tertiary/aromatic N) is 2. The second-order valence-electron chi connectivity index (χ2n) is 4.78. The molecule has 0 saturated heterocycles. The van der Waals surface area contributed by atoms with Crippen molar-refractivity contribution in [3.8, 4) is 0 Å². The van der Waals surface area contributed by atoms with E-state index in [4.69, 9.17) is 5.73 Å². The number of rotatable bonds is 6. The fraction of sp³-hybridized carbons (Fsp3) is 0.571. The predicted octanol–water partition coefficient (Wildman–Crippen LogP) is 1.46. The molecule has 100 valence electrons. The van der Waals surface area contributed by atoms with Gasteiger partial charge < -0.3 is 10.6 Å². The molecule has 0 aliphatic heterocycles. The minimum Gasteiger partial charge on any atom is -0.344 e. The number of carbonyl (C=O) groups is 1. The average Bonchev–Trinajstić information content (AvgIpc) is 2.43. The van der Waals surface area contributed by atoms with Crippen LogP contribution in [0.4, 0.5) is 0 Å². The molecule has 1 aromatic rings. The van der Waals surface area contributed by atoms with Crippen LogP contribution in [0.15, 0.2) is 24.5 Å². The van der Waals surface area contributed by atoms with Crippen LogP contribution in [0.3, 0.4) is 0 Å². The van der Waals surface area contributed by atoms with Crippen LogP contribution in [0.5, 0.6) is 0 Å². The molecule has 18 heavy (non-hydrogen) atoms. The number of nitrogens with two attached hydrogens (primary N) is 1. The van der Waals surface area contributed by atoms with Crippen molar-refractivity contribution in [2.24, 2.45) is 11.7 Å². The Morgan fingerprint density at radius 3 is 2.61 bits per heavy atom. The van der Waals surface area contributed by atoms with E-state index in [-0.39, 0.29) is 11.8 Å². The number of hydrogen-bond donors (Lipinski definition) is 1. The monoisotopic (exact) mass is 249 g/mol. The van der Waals surface area contributed by atoms with Gasteiger partial charge in [0.25, 0.3) is 0 Å². The second kappa shape index (κ2) is 7.11. The van der Waals surface area contributed by atoms with E-state index in [2.05, 4.69) is 11.9 Å². The first-order valence-corrected chi connectivity index (χ1v) is 6.45. The minimum absolute atomic E-state index is 0.0263. The molecular formula is C14H23N3O. The van der Waals surface area contributed by atoms with E-state index in [1.165, 1.54) is 5.56 Å². The van der Waals surface area contributed by atoms with Crippen molar-refractivity contribution in [1.29, 1.82) is 0 Å². The smallest absolute Gasteiger partial charge is 0.239 e. The van der Waals surface area contributed by atoms with Gasteiger partial charge in [0, 0.05) is 26.0 Å². The van der Waals surface area contributed by atoms with Crippen LogP contribution >= 0.6 is 0 Å². The molecule has 2 N–H and O–H groups in total. The van der Waals surface area contributed by atoms with Gasteiger partial charge in [0.05, 0.1) is 6.04 Å². The lowest BCUT2D eigenvalue weighted by atomic mass is 9.99. The lowest BCUT2D eigenvalue weighted by Gasteiger charge is -2.24. The van der Waals surface area contributed by atoms with Crippen LogP contribution < -0.4 is 5.73 Å². The van der Waals surface area contributed by atoms with Gasteiger partial charge in [-0.1, -0.05) is 20.3 Å². The summed E-state index contributed by atoms with van der Waals surface area (Å²) >= 11 is 0. The zero-order valence-corrected chi connectivity index (χ0v) is 11.5. The third kappa shape index (κ3) is 4.11. The summed E-state index contributed by atoms with van der Waals surface area (Å²) in [6, 6.07) is 3.54. The first-order valence-electron chi connectivity index (χ1n) is 6.45. The van der Waals surface area contributed by atoms with Gasteiger partial charge in [-0.05, 0) is 30.0 Å². The molecule has 0 bridgehead atoms. The molecule has 1 aromatic heterocycles. The Labute approximate surface area is 109 Å². The Morgan fingerprint density at radius 1 is 1.44 bits per heavy atom. The largest absolute Gasteiger partial charge is 0.344 e. The lowest BCUT2D eigenvalue weighted by molar-refractivity contribution is -0.132. The SMILES string of the molecule is CCC(C)[C@H](N)C(=O)N(C)CCc1ccncc1. The molecule has 4 heteroatoms. The van der Waals surface area contributed by atoms with Gasteiger partial charge in [-0.15, -0.1) is 0 Å². The van der Waals surface area contributed by atoms with Crippen LogP contribution in [0.2, 0.25) is 0 Å². The van der Waals surface area contributed by atoms with E-state index >= 15 is 0 Å². The molecule has 2 atom stereocenters. The van der Waals surface area contributed by atoms with Gasteiger partial charge in [-0.25, -0.2) is 0 Å². The van der Waals surface area contributed by atoms with Crippen molar-refractivity contribution in [2.45, 2.75) is 32.7 Å². The summed E-state index contributed by atoms with van der Waals surface area (Å²) < 4.78 is 0. The molecule has 0 aliphatic carbocycles. The normalized spacial score (nSPS) is 14.0. The van der Waals surface area contributed by atoms with Crippen LogP contribution in [0.25, 0.3) is 0 Å². The summed E-state index contributed by atoms with van der Waals surface area (Å²) in [4.78, 5) is 17.7. The zero-order valence-electron chi connectivity index (χ0n) is 11.5. The fourth-order valence-corrected chi connectivity index (χ4v) is 1.71. The highest BCUT2D eigenvalue weighted by molar-refractivity contribution is 5.81. The van der Waals surface area contributed by atoms with Crippen LogP contribution in [0.1, 0.15) is 25.8 Å². The zero-order chi connectivity index (χ0) is 13.5. The highest BCUT2D eigenvalue weighted by atomic mass is 16.2. The summed E-state index contributed by atoms with van der Waals surface area (Å²) in [5.41, 5.74) is 7.12. The molecular weight excluding hydrogens is 226 g/mol. The van der Waals surface area contributed by atoms with Gasteiger partial charge in [0.15, 0.2) is 0 Å². The van der Waals surface area contributed by atoms with Crippen molar-refractivity contribution in [3.05, 3.63) is 30.1 Å². The number of likely N-dealkylation sites (N-methyl/N-ethyl adjacent to an activating group) is 1. The van der Waals surface area contributed by atoms with Crippen molar-refractivity contribution in [2.75, 3.05) is 13.6 Å². The van der Waals surface area contributed by atoms with Gasteiger partial charge in [-0.3, -0.25) is 9.78 Å². The quantitative estimate of drug-likeness (QED) is 0.830. The molecule has 0 aromatic carbocycles. The van der Waals surface area contributed by atoms with E-state index in [0.29, 0.717) is 6.54 Å². The number of amides is 1. The maximum atomic E-state index is 12.1. The van der Waals surface area contributed by atoms with E-state index in [1.54, 1.807) is 17.3 Å². The topological polar surface area (TPSA) is 59.2 Å². The molecule has 0 radical (unpaired) electrons. The average molecular weight is 249 g/mol. The van der Waals surface area contributed by atoms with E-state index in [1.807, 2.05) is 26.1 Å². The minimum atomic E-state index is -0.391. The summed E-state index contributed by atoms with van der Waals surface area (Å²) in [5, 5.41) is 0. The van der Waals surface area contributed by atoms with E-state index in [9.17, 15) is 4.79 Å². The lowest BCUT2D eigenvalue weighted by Crippen LogP contribution is -2.46.